The van der Waals surface area contributed by atoms with Gasteiger partial charge in [-0.25, -0.2) is 0 Å². The number of aromatic hydroxyl groups is 1. The van der Waals surface area contributed by atoms with Crippen molar-refractivity contribution in [3.05, 3.63) is 58.3 Å². The first-order chi connectivity index (χ1) is 10.5. The monoisotopic (exact) mass is 299 g/mol. The molecule has 22 heavy (non-hydrogen) atoms. The van der Waals surface area contributed by atoms with Crippen LogP contribution in [0.4, 0.5) is 17.1 Å². The number of aryl methyl sites for hydroxylation is 1. The van der Waals surface area contributed by atoms with E-state index in [0.29, 0.717) is 5.69 Å². The normalized spacial score (nSPS) is 9.91. The highest BCUT2D eigenvalue weighted by molar-refractivity contribution is 5.90. The van der Waals surface area contributed by atoms with E-state index >= 15 is 0 Å². The molecule has 0 saturated heterocycles. The van der Waals surface area contributed by atoms with E-state index in [-0.39, 0.29) is 11.6 Å². The molecule has 0 spiro atoms. The number of rotatable bonds is 4. The number of nitrogens with one attached hydrogen (secondary N) is 3. The van der Waals surface area contributed by atoms with Crippen molar-refractivity contribution >= 4 is 23.0 Å². The van der Waals surface area contributed by atoms with Gasteiger partial charge in [-0.05, 0) is 37.3 Å². The van der Waals surface area contributed by atoms with Crippen LogP contribution in [0.2, 0.25) is 0 Å². The van der Waals surface area contributed by atoms with E-state index < -0.39 is 11.2 Å². The molecule has 0 unspecified atom stereocenters. The predicted molar refractivity (Wildman–Crippen MR) is 87.1 cm³/mol. The summed E-state index contributed by atoms with van der Waals surface area (Å²) in [5.74, 6) is -0.878. The number of hydrazine groups is 1. The molecule has 2 aromatic rings. The van der Waals surface area contributed by atoms with Crippen molar-refractivity contribution < 1.29 is 9.90 Å². The lowest BCUT2D eigenvalue weighted by atomic mass is 10.2. The molecule has 2 rings (SSSR count). The van der Waals surface area contributed by atoms with E-state index in [1.54, 1.807) is 0 Å². The average molecular weight is 299 g/mol. The van der Waals surface area contributed by atoms with Crippen molar-refractivity contribution in [2.75, 3.05) is 16.2 Å². The second kappa shape index (κ2) is 6.62. The molecule has 0 radical (unpaired) electrons. The van der Waals surface area contributed by atoms with Crippen molar-refractivity contribution in [2.45, 2.75) is 13.8 Å². The summed E-state index contributed by atoms with van der Waals surface area (Å²) in [4.78, 5) is 22.8. The van der Waals surface area contributed by atoms with Gasteiger partial charge in [0.1, 0.15) is 0 Å². The molecule has 1 amide bonds. The zero-order valence-corrected chi connectivity index (χ0v) is 12.3. The van der Waals surface area contributed by atoms with Gasteiger partial charge in [0.05, 0.1) is 17.1 Å². The number of carbonyl (C=O) groups is 1. The SMILES string of the molecule is CC(=O)Nc1cc(NNc2ccc(C)cc2)ccc(=O)c1O. The third-order valence-corrected chi connectivity index (χ3v) is 2.92. The van der Waals surface area contributed by atoms with Crippen LogP contribution < -0.4 is 21.6 Å². The first-order valence-corrected chi connectivity index (χ1v) is 6.69. The van der Waals surface area contributed by atoms with Crippen LogP contribution in [0.3, 0.4) is 0 Å². The van der Waals surface area contributed by atoms with Gasteiger partial charge in [-0.2, -0.15) is 0 Å². The summed E-state index contributed by atoms with van der Waals surface area (Å²) >= 11 is 0. The van der Waals surface area contributed by atoms with Crippen LogP contribution in [0.25, 0.3) is 0 Å². The predicted octanol–water partition coefficient (Wildman–Crippen LogP) is 2.46. The maximum Gasteiger partial charge on any atom is 0.222 e. The number of amides is 1. The van der Waals surface area contributed by atoms with Gasteiger partial charge in [0.15, 0.2) is 5.75 Å². The Balaban J connectivity index is 2.24. The molecule has 114 valence electrons. The Hall–Kier alpha value is -3.02. The molecule has 0 bridgehead atoms. The fourth-order valence-corrected chi connectivity index (χ4v) is 1.79. The third kappa shape index (κ3) is 3.99. The smallest absolute Gasteiger partial charge is 0.222 e. The maximum absolute atomic E-state index is 11.6. The lowest BCUT2D eigenvalue weighted by Gasteiger charge is -2.09. The molecule has 6 nitrogen and oxygen atoms in total. The molecule has 0 aromatic heterocycles. The Morgan fingerprint density at radius 1 is 1.00 bits per heavy atom. The first kappa shape index (κ1) is 15.4. The Labute approximate surface area is 127 Å². The quantitative estimate of drug-likeness (QED) is 0.651. The number of benzene rings is 1. The highest BCUT2D eigenvalue weighted by atomic mass is 16.3. The standard InChI is InChI=1S/C16H17N3O3/c1-10-3-5-12(6-4-10)18-19-13-7-8-15(21)16(22)14(9-13)17-11(2)20/h3-9,18-19H,1-2H3,(H2,17,20,21,22). The maximum atomic E-state index is 11.6. The number of anilines is 3. The Morgan fingerprint density at radius 3 is 2.23 bits per heavy atom. The molecule has 0 saturated carbocycles. The molecule has 6 heteroatoms. The molecule has 4 N–H and O–H groups in total. The number of carbonyl (C=O) groups excluding carboxylic acids is 1. The van der Waals surface area contributed by atoms with Crippen LogP contribution in [-0.2, 0) is 4.79 Å². The summed E-state index contributed by atoms with van der Waals surface area (Å²) in [5.41, 5.74) is 7.86. The lowest BCUT2D eigenvalue weighted by molar-refractivity contribution is -0.114. The summed E-state index contributed by atoms with van der Waals surface area (Å²) in [6.45, 7) is 3.29. The molecular formula is C16H17N3O3. The zero-order chi connectivity index (χ0) is 16.1. The summed E-state index contributed by atoms with van der Waals surface area (Å²) < 4.78 is 0. The number of hydrogen-bond donors (Lipinski definition) is 4. The summed E-state index contributed by atoms with van der Waals surface area (Å²) in [6.07, 6.45) is 0. The van der Waals surface area contributed by atoms with Gasteiger partial charge in [0.25, 0.3) is 0 Å². The van der Waals surface area contributed by atoms with Crippen molar-refractivity contribution in [3.8, 4) is 5.75 Å². The van der Waals surface area contributed by atoms with E-state index in [0.717, 1.165) is 11.3 Å². The molecule has 0 atom stereocenters. The van der Waals surface area contributed by atoms with Gasteiger partial charge in [-0.3, -0.25) is 9.59 Å². The molecule has 0 aliphatic carbocycles. The summed E-state index contributed by atoms with van der Waals surface area (Å²) in [6, 6.07) is 11.9. The highest BCUT2D eigenvalue weighted by Gasteiger charge is 2.06. The highest BCUT2D eigenvalue weighted by Crippen LogP contribution is 2.21. The molecule has 0 aliphatic heterocycles. The molecular weight excluding hydrogens is 282 g/mol. The van der Waals surface area contributed by atoms with Crippen LogP contribution in [-0.4, -0.2) is 11.0 Å². The van der Waals surface area contributed by atoms with Gasteiger partial charge in [0, 0.05) is 6.92 Å². The molecule has 0 heterocycles. The fourth-order valence-electron chi connectivity index (χ4n) is 1.79. The average Bonchev–Trinajstić information content (AvgIpc) is 2.60. The summed E-state index contributed by atoms with van der Waals surface area (Å²) in [7, 11) is 0. The minimum atomic E-state index is -0.577. The van der Waals surface area contributed by atoms with Crippen molar-refractivity contribution in [3.63, 3.8) is 0 Å². The lowest BCUT2D eigenvalue weighted by Crippen LogP contribution is -2.09. The van der Waals surface area contributed by atoms with Crippen molar-refractivity contribution in [1.29, 1.82) is 0 Å². The van der Waals surface area contributed by atoms with Gasteiger partial charge in [-0.1, -0.05) is 17.7 Å². The van der Waals surface area contributed by atoms with Gasteiger partial charge >= 0.3 is 0 Å². The van der Waals surface area contributed by atoms with Crippen LogP contribution in [0.1, 0.15) is 12.5 Å². The van der Waals surface area contributed by atoms with Crippen LogP contribution >= 0.6 is 0 Å². The topological polar surface area (TPSA) is 90.5 Å². The summed E-state index contributed by atoms with van der Waals surface area (Å²) in [5, 5.41) is 12.2. The van der Waals surface area contributed by atoms with E-state index in [2.05, 4.69) is 16.2 Å². The third-order valence-electron chi connectivity index (χ3n) is 2.92. The fraction of sp³-hybridized carbons (Fsp3) is 0.125. The van der Waals surface area contributed by atoms with Crippen molar-refractivity contribution in [1.82, 2.24) is 0 Å². The van der Waals surface area contributed by atoms with Gasteiger partial charge in [0.2, 0.25) is 11.3 Å². The van der Waals surface area contributed by atoms with Crippen LogP contribution in [0.15, 0.2) is 47.3 Å². The van der Waals surface area contributed by atoms with E-state index in [9.17, 15) is 14.7 Å². The number of hydrogen-bond acceptors (Lipinski definition) is 5. The largest absolute Gasteiger partial charge is 0.503 e. The second-order valence-corrected chi connectivity index (χ2v) is 4.86. The molecule has 2 aromatic carbocycles. The molecule has 0 aliphatic rings. The van der Waals surface area contributed by atoms with Gasteiger partial charge in [-0.15, -0.1) is 0 Å². The Morgan fingerprint density at radius 2 is 1.59 bits per heavy atom. The molecule has 0 fully saturated rings. The minimum Gasteiger partial charge on any atom is -0.503 e. The van der Waals surface area contributed by atoms with Gasteiger partial charge < -0.3 is 21.3 Å². The van der Waals surface area contributed by atoms with E-state index in [4.69, 9.17) is 0 Å². The first-order valence-electron chi connectivity index (χ1n) is 6.69. The Kier molecular flexibility index (Phi) is 4.63. The van der Waals surface area contributed by atoms with E-state index in [1.165, 1.54) is 25.1 Å². The van der Waals surface area contributed by atoms with Crippen LogP contribution in [0, 0.1) is 6.92 Å². The van der Waals surface area contributed by atoms with E-state index in [1.807, 2.05) is 31.2 Å². The zero-order valence-electron chi connectivity index (χ0n) is 12.3. The minimum absolute atomic E-state index is 0.0516. The second-order valence-electron chi connectivity index (χ2n) is 4.86. The Bertz CT molecular complexity index is 743. The van der Waals surface area contributed by atoms with Crippen LogP contribution in [0.5, 0.6) is 5.75 Å². The van der Waals surface area contributed by atoms with Crippen molar-refractivity contribution in [2.24, 2.45) is 0 Å².